The third-order valence-electron chi connectivity index (χ3n) is 5.52. The first kappa shape index (κ1) is 15.5. The van der Waals surface area contributed by atoms with Gasteiger partial charge < -0.3 is 10.0 Å². The van der Waals surface area contributed by atoms with Crippen molar-refractivity contribution in [2.45, 2.75) is 62.9 Å². The van der Waals surface area contributed by atoms with Crippen LogP contribution in [0.15, 0.2) is 30.3 Å². The highest BCUT2D eigenvalue weighted by atomic mass is 16.3. The normalized spacial score (nSPS) is 28.6. The molecule has 1 aliphatic carbocycles. The molecular weight excluding hydrogens is 274 g/mol. The van der Waals surface area contributed by atoms with E-state index in [0.717, 1.165) is 38.6 Å². The molecule has 2 fully saturated rings. The highest BCUT2D eigenvalue weighted by Crippen LogP contribution is 2.36. The summed E-state index contributed by atoms with van der Waals surface area (Å²) in [5.41, 5.74) is 0.631. The summed E-state index contributed by atoms with van der Waals surface area (Å²) >= 11 is 0. The predicted octanol–water partition coefficient (Wildman–Crippen LogP) is 3.26. The lowest BCUT2D eigenvalue weighted by molar-refractivity contribution is -0.140. The van der Waals surface area contributed by atoms with Crippen LogP contribution in [0.4, 0.5) is 0 Å². The number of rotatable bonds is 3. The van der Waals surface area contributed by atoms with Crippen molar-refractivity contribution in [2.24, 2.45) is 0 Å². The minimum absolute atomic E-state index is 0.000195. The van der Waals surface area contributed by atoms with Gasteiger partial charge in [-0.2, -0.15) is 0 Å². The molecule has 1 aromatic carbocycles. The molecule has 0 radical (unpaired) electrons. The molecule has 3 nitrogen and oxygen atoms in total. The van der Waals surface area contributed by atoms with Crippen LogP contribution in [0.3, 0.4) is 0 Å². The molecule has 1 aromatic rings. The van der Waals surface area contributed by atoms with E-state index in [9.17, 15) is 9.90 Å². The Morgan fingerprint density at radius 2 is 1.77 bits per heavy atom. The molecule has 1 aliphatic heterocycles. The van der Waals surface area contributed by atoms with Crippen LogP contribution < -0.4 is 0 Å². The first-order valence-electron chi connectivity index (χ1n) is 8.57. The van der Waals surface area contributed by atoms with Gasteiger partial charge in [-0.05, 0) is 24.8 Å². The molecule has 0 spiro atoms. The number of hydrogen-bond acceptors (Lipinski definition) is 2. The van der Waals surface area contributed by atoms with E-state index >= 15 is 0 Å². The lowest BCUT2D eigenvalue weighted by Crippen LogP contribution is -2.53. The maximum absolute atomic E-state index is 12.3. The van der Waals surface area contributed by atoms with Crippen LogP contribution in [0.5, 0.6) is 0 Å². The van der Waals surface area contributed by atoms with Crippen molar-refractivity contribution in [1.29, 1.82) is 0 Å². The first-order valence-corrected chi connectivity index (χ1v) is 8.57. The minimum atomic E-state index is -0.664. The molecule has 2 aliphatic rings. The Morgan fingerprint density at radius 1 is 1.09 bits per heavy atom. The molecule has 1 atom stereocenters. The Balaban J connectivity index is 1.75. The molecule has 1 saturated heterocycles. The monoisotopic (exact) mass is 301 g/mol. The van der Waals surface area contributed by atoms with Gasteiger partial charge in [0.2, 0.25) is 5.91 Å². The van der Waals surface area contributed by atoms with Crippen molar-refractivity contribution in [2.75, 3.05) is 13.1 Å². The van der Waals surface area contributed by atoms with Crippen LogP contribution in [-0.4, -0.2) is 34.6 Å². The summed E-state index contributed by atoms with van der Waals surface area (Å²) in [6.07, 6.45) is 6.50. The molecule has 3 rings (SSSR count). The van der Waals surface area contributed by atoms with Gasteiger partial charge in [0, 0.05) is 24.9 Å². The van der Waals surface area contributed by atoms with Gasteiger partial charge in [0.15, 0.2) is 0 Å². The number of amides is 1. The Morgan fingerprint density at radius 3 is 2.45 bits per heavy atom. The van der Waals surface area contributed by atoms with E-state index in [1.54, 1.807) is 0 Å². The van der Waals surface area contributed by atoms with E-state index in [1.165, 1.54) is 12.0 Å². The Hall–Kier alpha value is -1.35. The SMILES string of the molecule is C[C@@]1(c2ccccc2)CCC(=O)N(CC2(O)CCCCC2)C1. The largest absolute Gasteiger partial charge is 0.388 e. The van der Waals surface area contributed by atoms with Crippen LogP contribution in [0.1, 0.15) is 57.4 Å². The summed E-state index contributed by atoms with van der Waals surface area (Å²) in [5.74, 6) is 0.201. The van der Waals surface area contributed by atoms with Gasteiger partial charge >= 0.3 is 0 Å². The fourth-order valence-corrected chi connectivity index (χ4v) is 4.07. The summed E-state index contributed by atoms with van der Waals surface area (Å²) in [4.78, 5) is 14.3. The molecule has 1 saturated carbocycles. The van der Waals surface area contributed by atoms with Crippen molar-refractivity contribution in [3.63, 3.8) is 0 Å². The van der Waals surface area contributed by atoms with Crippen molar-refractivity contribution in [3.8, 4) is 0 Å². The molecule has 0 unspecified atom stereocenters. The number of benzene rings is 1. The molecule has 1 heterocycles. The number of aliphatic hydroxyl groups is 1. The molecule has 22 heavy (non-hydrogen) atoms. The van der Waals surface area contributed by atoms with Gasteiger partial charge in [-0.15, -0.1) is 0 Å². The molecule has 3 heteroatoms. The summed E-state index contributed by atoms with van der Waals surface area (Å²) in [7, 11) is 0. The number of nitrogens with zero attached hydrogens (tertiary/aromatic N) is 1. The highest BCUT2D eigenvalue weighted by Gasteiger charge is 2.40. The highest BCUT2D eigenvalue weighted by molar-refractivity contribution is 5.77. The van der Waals surface area contributed by atoms with Crippen LogP contribution in [0.25, 0.3) is 0 Å². The number of carbonyl (C=O) groups excluding carboxylic acids is 1. The average molecular weight is 301 g/mol. The van der Waals surface area contributed by atoms with Gasteiger partial charge in [0.05, 0.1) is 5.60 Å². The van der Waals surface area contributed by atoms with Crippen molar-refractivity contribution in [3.05, 3.63) is 35.9 Å². The smallest absolute Gasteiger partial charge is 0.222 e. The van der Waals surface area contributed by atoms with E-state index in [2.05, 4.69) is 31.2 Å². The number of likely N-dealkylation sites (tertiary alicyclic amines) is 1. The van der Waals surface area contributed by atoms with Crippen LogP contribution >= 0.6 is 0 Å². The maximum Gasteiger partial charge on any atom is 0.222 e. The Bertz CT molecular complexity index is 521. The van der Waals surface area contributed by atoms with E-state index in [4.69, 9.17) is 0 Å². The number of piperidine rings is 1. The van der Waals surface area contributed by atoms with Gasteiger partial charge in [0.25, 0.3) is 0 Å². The van der Waals surface area contributed by atoms with Crippen LogP contribution in [0, 0.1) is 0 Å². The molecule has 1 N–H and O–H groups in total. The molecular formula is C19H27NO2. The fourth-order valence-electron chi connectivity index (χ4n) is 4.07. The van der Waals surface area contributed by atoms with Crippen LogP contribution in [0.2, 0.25) is 0 Å². The first-order chi connectivity index (χ1) is 10.5. The quantitative estimate of drug-likeness (QED) is 0.931. The summed E-state index contributed by atoms with van der Waals surface area (Å²) in [6.45, 7) is 3.47. The van der Waals surface area contributed by atoms with Crippen LogP contribution in [-0.2, 0) is 10.2 Å². The lowest BCUT2D eigenvalue weighted by Gasteiger charge is -2.44. The Labute approximate surface area is 133 Å². The van der Waals surface area contributed by atoms with E-state index in [-0.39, 0.29) is 11.3 Å². The maximum atomic E-state index is 12.3. The van der Waals surface area contributed by atoms with E-state index in [1.807, 2.05) is 11.0 Å². The predicted molar refractivity (Wildman–Crippen MR) is 87.6 cm³/mol. The number of carbonyl (C=O) groups is 1. The van der Waals surface area contributed by atoms with Crippen molar-refractivity contribution >= 4 is 5.91 Å². The van der Waals surface area contributed by atoms with Gasteiger partial charge in [-0.3, -0.25) is 4.79 Å². The van der Waals surface area contributed by atoms with Gasteiger partial charge in [-0.25, -0.2) is 0 Å². The average Bonchev–Trinajstić information content (AvgIpc) is 2.52. The van der Waals surface area contributed by atoms with Gasteiger partial charge in [-0.1, -0.05) is 56.5 Å². The lowest BCUT2D eigenvalue weighted by atomic mass is 9.75. The van der Waals surface area contributed by atoms with E-state index < -0.39 is 5.60 Å². The number of β-amino-alcohol motifs (C(OH)–C–C–N with tert-alkyl or cyclic N) is 1. The zero-order chi connectivity index (χ0) is 15.6. The Kier molecular flexibility index (Phi) is 4.26. The zero-order valence-electron chi connectivity index (χ0n) is 13.6. The third-order valence-corrected chi connectivity index (χ3v) is 5.52. The summed E-state index contributed by atoms with van der Waals surface area (Å²) in [6, 6.07) is 10.5. The van der Waals surface area contributed by atoms with Gasteiger partial charge in [0.1, 0.15) is 0 Å². The molecule has 0 bridgehead atoms. The third kappa shape index (κ3) is 3.19. The molecule has 1 amide bonds. The minimum Gasteiger partial charge on any atom is -0.388 e. The second kappa shape index (κ2) is 6.04. The second-order valence-electron chi connectivity index (χ2n) is 7.46. The summed E-state index contributed by atoms with van der Waals surface area (Å²) < 4.78 is 0. The topological polar surface area (TPSA) is 40.5 Å². The van der Waals surface area contributed by atoms with E-state index in [0.29, 0.717) is 13.0 Å². The summed E-state index contributed by atoms with van der Waals surface area (Å²) in [5, 5.41) is 10.8. The fraction of sp³-hybridized carbons (Fsp3) is 0.632. The van der Waals surface area contributed by atoms with Crippen molar-refractivity contribution < 1.29 is 9.90 Å². The molecule has 0 aromatic heterocycles. The zero-order valence-corrected chi connectivity index (χ0v) is 13.6. The molecule has 120 valence electrons. The standard InChI is InChI=1S/C19H27NO2/c1-18(16-8-4-2-5-9-16)13-10-17(21)20(14-18)15-19(22)11-6-3-7-12-19/h2,4-5,8-9,22H,3,6-7,10-15H2,1H3/t18-/m1/s1. The second-order valence-corrected chi connectivity index (χ2v) is 7.46. The number of hydrogen-bond donors (Lipinski definition) is 1. The van der Waals surface area contributed by atoms with Crippen molar-refractivity contribution in [1.82, 2.24) is 4.90 Å².